The van der Waals surface area contributed by atoms with Gasteiger partial charge >= 0.3 is 0 Å². The van der Waals surface area contributed by atoms with Crippen molar-refractivity contribution < 1.29 is 9.53 Å². The summed E-state index contributed by atoms with van der Waals surface area (Å²) in [6, 6.07) is 0.586. The summed E-state index contributed by atoms with van der Waals surface area (Å²) in [7, 11) is 1.67. The lowest BCUT2D eigenvalue weighted by molar-refractivity contribution is 0.0317. The summed E-state index contributed by atoms with van der Waals surface area (Å²) >= 11 is 1.32. The normalized spacial score (nSPS) is 22.6. The summed E-state index contributed by atoms with van der Waals surface area (Å²) in [5.74, 6) is 0.496. The monoisotopic (exact) mass is 418 g/mol. The molecule has 2 saturated heterocycles. The summed E-state index contributed by atoms with van der Waals surface area (Å²) in [5, 5.41) is 0.531. The maximum absolute atomic E-state index is 13.5. The largest absolute Gasteiger partial charge is 0.383 e. The maximum atomic E-state index is 13.5. The van der Waals surface area contributed by atoms with Crippen LogP contribution in [0.25, 0.3) is 10.2 Å². The minimum atomic E-state index is -0.184. The highest BCUT2D eigenvalue weighted by atomic mass is 32.1. The van der Waals surface area contributed by atoms with Gasteiger partial charge in [0.1, 0.15) is 4.83 Å². The van der Waals surface area contributed by atoms with Gasteiger partial charge < -0.3 is 19.5 Å². The van der Waals surface area contributed by atoms with E-state index in [2.05, 4.69) is 14.9 Å². The lowest BCUT2D eigenvalue weighted by Gasteiger charge is -2.45. The lowest BCUT2D eigenvalue weighted by Crippen LogP contribution is -2.52. The molecule has 4 heterocycles. The lowest BCUT2D eigenvalue weighted by atomic mass is 9.83. The number of fused-ring (bicyclic) bond motifs is 2. The van der Waals surface area contributed by atoms with Gasteiger partial charge in [0.15, 0.2) is 0 Å². The molecular formula is C21H30N4O3S. The number of amides is 1. The molecule has 158 valence electrons. The highest BCUT2D eigenvalue weighted by Crippen LogP contribution is 2.33. The molecule has 0 unspecified atom stereocenters. The molecule has 2 aromatic rings. The molecule has 2 aliphatic heterocycles. The van der Waals surface area contributed by atoms with Crippen LogP contribution in [-0.4, -0.2) is 71.6 Å². The van der Waals surface area contributed by atoms with E-state index in [4.69, 9.17) is 4.74 Å². The van der Waals surface area contributed by atoms with Gasteiger partial charge in [-0.25, -0.2) is 4.98 Å². The predicted molar refractivity (Wildman–Crippen MR) is 115 cm³/mol. The molecular weight excluding hydrogens is 388 g/mol. The summed E-state index contributed by atoms with van der Waals surface area (Å²) in [4.78, 5) is 38.4. The molecule has 2 aromatic heterocycles. The minimum absolute atomic E-state index is 0.00474. The van der Waals surface area contributed by atoms with Gasteiger partial charge in [-0.3, -0.25) is 9.59 Å². The fraction of sp³-hybridized carbons (Fsp3) is 0.667. The van der Waals surface area contributed by atoms with Crippen molar-refractivity contribution >= 4 is 27.5 Å². The number of ether oxygens (including phenoxy) is 1. The number of thiophene rings is 1. The Balaban J connectivity index is 1.59. The SMILES string of the molecule is COCCN(C[C@@H]1CCCN2CCCC[C@H]12)C(=O)c1sc2nc[nH]c(=O)c2c1C. The Kier molecular flexibility index (Phi) is 6.32. The van der Waals surface area contributed by atoms with Crippen LogP contribution in [0, 0.1) is 12.8 Å². The molecule has 1 N–H and O–H groups in total. The molecule has 0 aliphatic carbocycles. The number of carbonyl (C=O) groups is 1. The molecule has 7 nitrogen and oxygen atoms in total. The number of methoxy groups -OCH3 is 1. The Hall–Kier alpha value is -1.77. The number of aromatic nitrogens is 2. The molecule has 29 heavy (non-hydrogen) atoms. The maximum Gasteiger partial charge on any atom is 0.264 e. The van der Waals surface area contributed by atoms with Crippen molar-refractivity contribution in [3.63, 3.8) is 0 Å². The molecule has 4 rings (SSSR count). The van der Waals surface area contributed by atoms with Gasteiger partial charge in [-0.2, -0.15) is 0 Å². The number of carbonyl (C=O) groups excluding carboxylic acids is 1. The first-order valence-corrected chi connectivity index (χ1v) is 11.4. The topological polar surface area (TPSA) is 78.5 Å². The second kappa shape index (κ2) is 8.93. The van der Waals surface area contributed by atoms with E-state index in [1.165, 1.54) is 62.9 Å². The third-order valence-corrected chi connectivity index (χ3v) is 7.65. The van der Waals surface area contributed by atoms with Gasteiger partial charge in [0.25, 0.3) is 11.5 Å². The van der Waals surface area contributed by atoms with Crippen molar-refractivity contribution in [1.29, 1.82) is 0 Å². The van der Waals surface area contributed by atoms with Crippen molar-refractivity contribution in [3.8, 4) is 0 Å². The number of H-pyrrole nitrogens is 1. The number of rotatable bonds is 6. The summed E-state index contributed by atoms with van der Waals surface area (Å²) in [6.45, 7) is 6.06. The smallest absolute Gasteiger partial charge is 0.264 e. The van der Waals surface area contributed by atoms with Crippen LogP contribution in [0.4, 0.5) is 0 Å². The highest BCUT2D eigenvalue weighted by Gasteiger charge is 2.35. The number of hydrogen-bond donors (Lipinski definition) is 1. The molecule has 0 bridgehead atoms. The van der Waals surface area contributed by atoms with E-state index in [-0.39, 0.29) is 11.5 Å². The quantitative estimate of drug-likeness (QED) is 0.780. The Bertz CT molecular complexity index is 922. The Morgan fingerprint density at radius 1 is 1.34 bits per heavy atom. The van der Waals surface area contributed by atoms with Gasteiger partial charge in [-0.15, -0.1) is 11.3 Å². The van der Waals surface area contributed by atoms with Crippen LogP contribution in [0.15, 0.2) is 11.1 Å². The van der Waals surface area contributed by atoms with E-state index >= 15 is 0 Å². The third kappa shape index (κ3) is 4.11. The summed E-state index contributed by atoms with van der Waals surface area (Å²) in [5.41, 5.74) is 0.547. The second-order valence-corrected chi connectivity index (χ2v) is 9.21. The fourth-order valence-electron chi connectivity index (χ4n) is 4.98. The molecule has 2 atom stereocenters. The Morgan fingerprint density at radius 3 is 2.97 bits per heavy atom. The van der Waals surface area contributed by atoms with Crippen LogP contribution in [0.5, 0.6) is 0 Å². The van der Waals surface area contributed by atoms with Crippen molar-refractivity contribution in [1.82, 2.24) is 19.8 Å². The number of nitrogens with zero attached hydrogens (tertiary/aromatic N) is 3. The van der Waals surface area contributed by atoms with E-state index in [0.29, 0.717) is 40.2 Å². The fourth-order valence-corrected chi connectivity index (χ4v) is 6.09. The molecule has 0 aromatic carbocycles. The molecule has 0 spiro atoms. The zero-order chi connectivity index (χ0) is 20.4. The van der Waals surface area contributed by atoms with E-state index in [9.17, 15) is 9.59 Å². The van der Waals surface area contributed by atoms with Gasteiger partial charge in [0.05, 0.1) is 23.2 Å². The van der Waals surface area contributed by atoms with Gasteiger partial charge in [-0.05, 0) is 57.2 Å². The van der Waals surface area contributed by atoms with Crippen molar-refractivity contribution in [2.75, 3.05) is 39.9 Å². The second-order valence-electron chi connectivity index (χ2n) is 8.21. The molecule has 8 heteroatoms. The first kappa shape index (κ1) is 20.5. The Labute approximate surface area is 175 Å². The number of hydrogen-bond acceptors (Lipinski definition) is 6. The molecule has 1 amide bonds. The van der Waals surface area contributed by atoms with Crippen LogP contribution in [-0.2, 0) is 4.74 Å². The van der Waals surface area contributed by atoms with E-state index in [0.717, 1.165) is 12.1 Å². The van der Waals surface area contributed by atoms with Crippen molar-refractivity contribution in [2.45, 2.75) is 45.1 Å². The van der Waals surface area contributed by atoms with Crippen molar-refractivity contribution in [2.24, 2.45) is 5.92 Å². The van der Waals surface area contributed by atoms with Crippen LogP contribution >= 0.6 is 11.3 Å². The standard InChI is InChI=1S/C21H30N4O3S/c1-14-17-19(26)22-13-23-20(17)29-18(14)21(27)25(10-11-28-2)12-15-6-5-9-24-8-4-3-7-16(15)24/h13,15-16H,3-12H2,1-2H3,(H,22,23,26)/t15-,16+/m0/s1. The third-order valence-electron chi connectivity index (χ3n) is 6.46. The number of piperidine rings is 2. The Morgan fingerprint density at radius 2 is 2.17 bits per heavy atom. The number of aryl methyl sites for hydroxylation is 1. The van der Waals surface area contributed by atoms with E-state index in [1.54, 1.807) is 7.11 Å². The molecule has 2 aliphatic rings. The minimum Gasteiger partial charge on any atom is -0.383 e. The summed E-state index contributed by atoms with van der Waals surface area (Å²) in [6.07, 6.45) is 7.58. The molecule has 0 radical (unpaired) electrons. The molecule has 2 fully saturated rings. The van der Waals surface area contributed by atoms with E-state index < -0.39 is 0 Å². The zero-order valence-electron chi connectivity index (χ0n) is 17.3. The first-order valence-electron chi connectivity index (χ1n) is 10.6. The van der Waals surface area contributed by atoms with Crippen LogP contribution in [0.2, 0.25) is 0 Å². The van der Waals surface area contributed by atoms with Crippen LogP contribution < -0.4 is 5.56 Å². The number of aromatic amines is 1. The molecule has 0 saturated carbocycles. The van der Waals surface area contributed by atoms with E-state index in [1.807, 2.05) is 11.8 Å². The predicted octanol–water partition coefficient (Wildman–Crippen LogP) is 2.65. The van der Waals surface area contributed by atoms with Gasteiger partial charge in [-0.1, -0.05) is 6.42 Å². The zero-order valence-corrected chi connectivity index (χ0v) is 18.1. The van der Waals surface area contributed by atoms with Gasteiger partial charge in [0, 0.05) is 26.2 Å². The van der Waals surface area contributed by atoms with Crippen molar-refractivity contribution in [3.05, 3.63) is 27.1 Å². The van der Waals surface area contributed by atoms with Crippen LogP contribution in [0.1, 0.15) is 47.3 Å². The summed E-state index contributed by atoms with van der Waals surface area (Å²) < 4.78 is 5.29. The first-order chi connectivity index (χ1) is 14.1. The van der Waals surface area contributed by atoms with Crippen LogP contribution in [0.3, 0.4) is 0 Å². The average Bonchev–Trinajstić information content (AvgIpc) is 3.08. The number of nitrogens with one attached hydrogen (secondary N) is 1. The highest BCUT2D eigenvalue weighted by molar-refractivity contribution is 7.20. The average molecular weight is 419 g/mol. The van der Waals surface area contributed by atoms with Gasteiger partial charge in [0.2, 0.25) is 0 Å².